The van der Waals surface area contributed by atoms with Gasteiger partial charge >= 0.3 is 0 Å². The number of carbonyl (C=O) groups excluding carboxylic acids is 2. The number of rotatable bonds is 4. The van der Waals surface area contributed by atoms with Crippen LogP contribution in [-0.4, -0.2) is 60.5 Å². The monoisotopic (exact) mass is 479 g/mol. The average molecular weight is 480 g/mol. The van der Waals surface area contributed by atoms with Crippen molar-refractivity contribution in [1.82, 2.24) is 20.6 Å². The second-order valence-electron chi connectivity index (χ2n) is 9.95. The molecular weight excluding hydrogens is 449 g/mol. The standard InChI is InChI=1S/C25H30FN7O2/c26-19-13-18(32-11-9-27-10-12-32)5-6-20(19)30-24-29-15-16-14-25(7-8-28-22(25)34)23(35)33(21(16)31-24)17-3-1-2-4-17/h5-6,13,15,17,27H,1-4,7-12,14H2,(H,28,34)(H,29,30,31)/t25-/m1/s1. The SMILES string of the molecule is O=C1NCC[C@@]12Cc1cnc(Nc3ccc(N4CCNCC4)cc3F)nc1N(C1CCCC1)C2=O. The van der Waals surface area contributed by atoms with E-state index in [0.29, 0.717) is 25.2 Å². The summed E-state index contributed by atoms with van der Waals surface area (Å²) < 4.78 is 15.0. The van der Waals surface area contributed by atoms with Crippen molar-refractivity contribution >= 4 is 35.0 Å². The maximum atomic E-state index is 15.0. The zero-order valence-corrected chi connectivity index (χ0v) is 19.6. The smallest absolute Gasteiger partial charge is 0.244 e. The van der Waals surface area contributed by atoms with Crippen LogP contribution in [0.2, 0.25) is 0 Å². The largest absolute Gasteiger partial charge is 0.369 e. The number of carbonyl (C=O) groups is 2. The van der Waals surface area contributed by atoms with E-state index in [4.69, 9.17) is 0 Å². The molecule has 1 aliphatic carbocycles. The molecule has 9 nitrogen and oxygen atoms in total. The van der Waals surface area contributed by atoms with Crippen LogP contribution in [-0.2, 0) is 16.0 Å². The van der Waals surface area contributed by atoms with Crippen molar-refractivity contribution in [2.45, 2.75) is 44.6 Å². The number of hydrogen-bond acceptors (Lipinski definition) is 7. The minimum Gasteiger partial charge on any atom is -0.369 e. The fourth-order valence-electron chi connectivity index (χ4n) is 5.91. The predicted molar refractivity (Wildman–Crippen MR) is 130 cm³/mol. The summed E-state index contributed by atoms with van der Waals surface area (Å²) in [6.07, 6.45) is 6.32. The van der Waals surface area contributed by atoms with E-state index in [0.717, 1.165) is 63.1 Å². The van der Waals surface area contributed by atoms with E-state index in [2.05, 4.69) is 30.8 Å². The second kappa shape index (κ2) is 8.75. The molecule has 1 spiro atoms. The van der Waals surface area contributed by atoms with E-state index in [1.54, 1.807) is 17.2 Å². The number of nitrogens with zero attached hydrogens (tertiary/aromatic N) is 4. The van der Waals surface area contributed by atoms with Gasteiger partial charge in [-0.15, -0.1) is 0 Å². The van der Waals surface area contributed by atoms with Gasteiger partial charge in [0.25, 0.3) is 0 Å². The third-order valence-corrected chi connectivity index (χ3v) is 7.83. The zero-order chi connectivity index (χ0) is 24.0. The van der Waals surface area contributed by atoms with Crippen LogP contribution in [0.15, 0.2) is 24.4 Å². The molecule has 3 aliphatic heterocycles. The van der Waals surface area contributed by atoms with Crippen LogP contribution < -0.4 is 25.8 Å². The molecule has 3 fully saturated rings. The molecule has 2 aromatic rings. The highest BCUT2D eigenvalue weighted by Gasteiger charge is 2.56. The van der Waals surface area contributed by atoms with Gasteiger partial charge in [-0.3, -0.25) is 14.5 Å². The van der Waals surface area contributed by atoms with E-state index < -0.39 is 5.41 Å². The lowest BCUT2D eigenvalue weighted by Gasteiger charge is -2.40. The van der Waals surface area contributed by atoms with Crippen LogP contribution in [0.25, 0.3) is 0 Å². The van der Waals surface area contributed by atoms with E-state index in [1.807, 2.05) is 6.07 Å². The minimum absolute atomic E-state index is 0.0182. The van der Waals surface area contributed by atoms with Crippen LogP contribution in [0.5, 0.6) is 0 Å². The van der Waals surface area contributed by atoms with Crippen LogP contribution in [0, 0.1) is 11.2 Å². The lowest BCUT2D eigenvalue weighted by molar-refractivity contribution is -0.140. The first kappa shape index (κ1) is 22.2. The highest BCUT2D eigenvalue weighted by atomic mass is 19.1. The maximum absolute atomic E-state index is 15.0. The molecule has 184 valence electrons. The average Bonchev–Trinajstić information content (AvgIpc) is 3.53. The Balaban J connectivity index is 1.30. The predicted octanol–water partition coefficient (Wildman–Crippen LogP) is 2.11. The molecule has 6 rings (SSSR count). The van der Waals surface area contributed by atoms with Gasteiger partial charge in [0.15, 0.2) is 0 Å². The molecule has 0 radical (unpaired) electrons. The highest BCUT2D eigenvalue weighted by Crippen LogP contribution is 2.44. The summed E-state index contributed by atoms with van der Waals surface area (Å²) in [6.45, 7) is 3.94. The molecule has 1 atom stereocenters. The van der Waals surface area contributed by atoms with E-state index in [1.165, 1.54) is 6.07 Å². The van der Waals surface area contributed by atoms with Gasteiger partial charge in [-0.1, -0.05) is 12.8 Å². The number of amides is 2. The molecule has 1 aromatic heterocycles. The number of piperazine rings is 1. The van der Waals surface area contributed by atoms with Crippen molar-refractivity contribution in [3.8, 4) is 0 Å². The second-order valence-corrected chi connectivity index (χ2v) is 9.95. The summed E-state index contributed by atoms with van der Waals surface area (Å²) in [5.41, 5.74) is 0.845. The Morgan fingerprint density at radius 2 is 1.91 bits per heavy atom. The van der Waals surface area contributed by atoms with Crippen LogP contribution in [0.1, 0.15) is 37.7 Å². The normalized spacial score (nSPS) is 24.7. The fraction of sp³-hybridized carbons (Fsp3) is 0.520. The summed E-state index contributed by atoms with van der Waals surface area (Å²) >= 11 is 0. The van der Waals surface area contributed by atoms with Crippen molar-refractivity contribution in [2.24, 2.45) is 5.41 Å². The molecular formula is C25H30FN7O2. The third kappa shape index (κ3) is 3.80. The van der Waals surface area contributed by atoms with Gasteiger partial charge in [0.1, 0.15) is 17.1 Å². The van der Waals surface area contributed by atoms with Crippen LogP contribution >= 0.6 is 0 Å². The highest BCUT2D eigenvalue weighted by molar-refractivity contribution is 6.14. The van der Waals surface area contributed by atoms with Gasteiger partial charge in [0, 0.05) is 62.6 Å². The molecule has 1 saturated carbocycles. The zero-order valence-electron chi connectivity index (χ0n) is 19.6. The number of anilines is 4. The molecule has 4 heterocycles. The van der Waals surface area contributed by atoms with Crippen molar-refractivity contribution in [3.63, 3.8) is 0 Å². The van der Waals surface area contributed by atoms with Gasteiger partial charge in [-0.25, -0.2) is 9.37 Å². The number of hydrogen-bond donors (Lipinski definition) is 3. The molecule has 0 bridgehead atoms. The van der Waals surface area contributed by atoms with E-state index in [9.17, 15) is 14.0 Å². The molecule has 3 N–H and O–H groups in total. The Morgan fingerprint density at radius 1 is 1.11 bits per heavy atom. The number of fused-ring (bicyclic) bond motifs is 1. The summed E-state index contributed by atoms with van der Waals surface area (Å²) in [5, 5.41) is 9.14. The first-order chi connectivity index (χ1) is 17.0. The van der Waals surface area contributed by atoms with Gasteiger partial charge < -0.3 is 20.9 Å². The topological polar surface area (TPSA) is 102 Å². The Morgan fingerprint density at radius 3 is 2.63 bits per heavy atom. The van der Waals surface area contributed by atoms with Gasteiger partial charge in [-0.05, 0) is 37.5 Å². The van der Waals surface area contributed by atoms with E-state index in [-0.39, 0.29) is 35.3 Å². The summed E-state index contributed by atoms with van der Waals surface area (Å²) in [5.74, 6) is 0.0310. The molecule has 1 aromatic carbocycles. The lowest BCUT2D eigenvalue weighted by atomic mass is 9.76. The lowest BCUT2D eigenvalue weighted by Crippen LogP contribution is -2.56. The number of benzene rings is 1. The Hall–Kier alpha value is -3.27. The van der Waals surface area contributed by atoms with Gasteiger partial charge in [0.2, 0.25) is 17.8 Å². The van der Waals surface area contributed by atoms with Crippen LogP contribution in [0.4, 0.5) is 27.5 Å². The number of halogens is 1. The summed E-state index contributed by atoms with van der Waals surface area (Å²) in [4.78, 5) is 39.5. The molecule has 2 amide bonds. The fourth-order valence-corrected chi connectivity index (χ4v) is 5.91. The summed E-state index contributed by atoms with van der Waals surface area (Å²) in [6, 6.07) is 5.15. The van der Waals surface area contributed by atoms with Gasteiger partial charge in [-0.2, -0.15) is 4.98 Å². The molecule has 2 saturated heterocycles. The molecule has 10 heteroatoms. The van der Waals surface area contributed by atoms with Gasteiger partial charge in [0.05, 0.1) is 5.69 Å². The Labute approximate surface area is 203 Å². The molecule has 4 aliphatic rings. The third-order valence-electron chi connectivity index (χ3n) is 7.83. The number of nitrogens with one attached hydrogen (secondary N) is 3. The Bertz CT molecular complexity index is 1160. The minimum atomic E-state index is -1.07. The summed E-state index contributed by atoms with van der Waals surface area (Å²) in [7, 11) is 0. The first-order valence-electron chi connectivity index (χ1n) is 12.6. The van der Waals surface area contributed by atoms with Crippen molar-refractivity contribution in [3.05, 3.63) is 35.8 Å². The van der Waals surface area contributed by atoms with E-state index >= 15 is 0 Å². The number of aromatic nitrogens is 2. The van der Waals surface area contributed by atoms with Crippen molar-refractivity contribution in [1.29, 1.82) is 0 Å². The van der Waals surface area contributed by atoms with Crippen molar-refractivity contribution in [2.75, 3.05) is 47.8 Å². The quantitative estimate of drug-likeness (QED) is 0.577. The Kier molecular flexibility index (Phi) is 5.55. The molecule has 0 unspecified atom stereocenters. The maximum Gasteiger partial charge on any atom is 0.244 e. The van der Waals surface area contributed by atoms with Crippen molar-refractivity contribution < 1.29 is 14.0 Å². The molecule has 35 heavy (non-hydrogen) atoms. The van der Waals surface area contributed by atoms with Crippen LogP contribution in [0.3, 0.4) is 0 Å². The first-order valence-corrected chi connectivity index (χ1v) is 12.6.